The molecule has 0 saturated heterocycles. The largest absolute Gasteiger partial charge is 0.321 e. The summed E-state index contributed by atoms with van der Waals surface area (Å²) in [5, 5.41) is 3.68. The molecule has 1 aliphatic rings. The fourth-order valence-electron chi connectivity index (χ4n) is 2.59. The van der Waals surface area contributed by atoms with Crippen LogP contribution in [0.25, 0.3) is 0 Å². The van der Waals surface area contributed by atoms with E-state index in [2.05, 4.69) is 32.3 Å². The summed E-state index contributed by atoms with van der Waals surface area (Å²) in [5.41, 5.74) is 1.43. The van der Waals surface area contributed by atoms with Gasteiger partial charge in [-0.25, -0.2) is 0 Å². The van der Waals surface area contributed by atoms with E-state index >= 15 is 0 Å². The number of carbonyl (C=O) groups excluding carboxylic acids is 1. The molecule has 1 aromatic carbocycles. The van der Waals surface area contributed by atoms with Gasteiger partial charge in [0.25, 0.3) is 5.91 Å². The highest BCUT2D eigenvalue weighted by Crippen LogP contribution is 2.38. The van der Waals surface area contributed by atoms with Crippen LogP contribution in [0.3, 0.4) is 0 Å². The summed E-state index contributed by atoms with van der Waals surface area (Å²) in [5.74, 6) is -0.131. The molecule has 3 rings (SSSR count). The van der Waals surface area contributed by atoms with Crippen LogP contribution in [0.5, 0.6) is 0 Å². The molecule has 0 radical (unpaired) electrons. The number of benzene rings is 1. The molecule has 1 N–H and O–H groups in total. The maximum Gasteiger partial charge on any atom is 0.257 e. The summed E-state index contributed by atoms with van der Waals surface area (Å²) in [7, 11) is 0. The van der Waals surface area contributed by atoms with Gasteiger partial charge < -0.3 is 5.32 Å². The predicted octanol–water partition coefficient (Wildman–Crippen LogP) is 5.13. The average Bonchev–Trinajstić information content (AvgIpc) is 3.02. The first-order valence-corrected chi connectivity index (χ1v) is 9.07. The van der Waals surface area contributed by atoms with E-state index in [0.717, 1.165) is 15.1 Å². The number of halogens is 1. The molecule has 0 aliphatic heterocycles. The van der Waals surface area contributed by atoms with E-state index in [1.165, 1.54) is 25.7 Å². The zero-order valence-corrected chi connectivity index (χ0v) is 14.5. The minimum atomic E-state index is -0.131. The predicted molar refractivity (Wildman–Crippen MR) is 94.4 cm³/mol. The molecular formula is C17H17BrN2OS. The molecule has 0 spiro atoms. The van der Waals surface area contributed by atoms with Crippen LogP contribution in [0.2, 0.25) is 0 Å². The Morgan fingerprint density at radius 2 is 2.00 bits per heavy atom. The lowest BCUT2D eigenvalue weighted by atomic mass is 10.2. The second-order valence-electron chi connectivity index (χ2n) is 5.37. The van der Waals surface area contributed by atoms with Gasteiger partial charge in [0.2, 0.25) is 0 Å². The lowest BCUT2D eigenvalue weighted by Gasteiger charge is -2.14. The van der Waals surface area contributed by atoms with Gasteiger partial charge in [-0.05, 0) is 47.0 Å². The first-order chi connectivity index (χ1) is 10.7. The second-order valence-corrected chi connectivity index (χ2v) is 7.62. The summed E-state index contributed by atoms with van der Waals surface area (Å²) < 4.78 is 0.800. The summed E-state index contributed by atoms with van der Waals surface area (Å²) in [6, 6.07) is 9.79. The molecule has 1 saturated carbocycles. The Kier molecular flexibility index (Phi) is 5.16. The smallest absolute Gasteiger partial charge is 0.257 e. The Morgan fingerprint density at radius 3 is 2.77 bits per heavy atom. The Hall–Kier alpha value is -1.33. The maximum atomic E-state index is 12.4. The number of para-hydroxylation sites is 1. The van der Waals surface area contributed by atoms with Gasteiger partial charge in [0.15, 0.2) is 0 Å². The lowest BCUT2D eigenvalue weighted by Crippen LogP contribution is -2.13. The fourth-order valence-corrected chi connectivity index (χ4v) is 4.29. The number of nitrogens with zero attached hydrogens (tertiary/aromatic N) is 1. The number of hydrogen-bond acceptors (Lipinski definition) is 3. The lowest BCUT2D eigenvalue weighted by molar-refractivity contribution is 0.102. The topological polar surface area (TPSA) is 42.0 Å². The molecule has 22 heavy (non-hydrogen) atoms. The fraction of sp³-hybridized carbons (Fsp3) is 0.294. The van der Waals surface area contributed by atoms with Crippen molar-refractivity contribution in [1.29, 1.82) is 0 Å². The van der Waals surface area contributed by atoms with Crippen LogP contribution in [0.4, 0.5) is 5.69 Å². The Bertz CT molecular complexity index is 671. The minimum absolute atomic E-state index is 0.131. The van der Waals surface area contributed by atoms with Crippen molar-refractivity contribution in [3.05, 3.63) is 52.8 Å². The zero-order chi connectivity index (χ0) is 15.4. The van der Waals surface area contributed by atoms with Crippen LogP contribution in [-0.2, 0) is 0 Å². The first kappa shape index (κ1) is 15.6. The van der Waals surface area contributed by atoms with Crippen molar-refractivity contribution in [3.63, 3.8) is 0 Å². The molecule has 1 heterocycles. The number of rotatable bonds is 4. The van der Waals surface area contributed by atoms with Gasteiger partial charge in [-0.15, -0.1) is 11.8 Å². The third-order valence-electron chi connectivity index (χ3n) is 3.70. The molecule has 1 amide bonds. The summed E-state index contributed by atoms with van der Waals surface area (Å²) in [4.78, 5) is 17.6. The standard InChI is InChI=1S/C17H17BrN2OS/c18-13-9-12(10-19-11-13)17(21)20-15-7-3-4-8-16(15)22-14-5-1-2-6-14/h3-4,7-11,14H,1-2,5-6H2,(H,20,21). The Morgan fingerprint density at radius 1 is 1.23 bits per heavy atom. The van der Waals surface area contributed by atoms with E-state index in [0.29, 0.717) is 10.8 Å². The van der Waals surface area contributed by atoms with Crippen LogP contribution in [0.1, 0.15) is 36.0 Å². The number of thioether (sulfide) groups is 1. The van der Waals surface area contributed by atoms with Gasteiger partial charge in [-0.1, -0.05) is 25.0 Å². The highest BCUT2D eigenvalue weighted by Gasteiger charge is 2.18. The van der Waals surface area contributed by atoms with E-state index in [9.17, 15) is 4.79 Å². The van der Waals surface area contributed by atoms with Gasteiger partial charge >= 0.3 is 0 Å². The van der Waals surface area contributed by atoms with Crippen molar-refractivity contribution in [2.24, 2.45) is 0 Å². The summed E-state index contributed by atoms with van der Waals surface area (Å²) >= 11 is 5.22. The van der Waals surface area contributed by atoms with E-state index < -0.39 is 0 Å². The van der Waals surface area contributed by atoms with Crippen LogP contribution < -0.4 is 5.32 Å². The average molecular weight is 377 g/mol. The SMILES string of the molecule is O=C(Nc1ccccc1SC1CCCC1)c1cncc(Br)c1. The van der Waals surface area contributed by atoms with Gasteiger partial charge in [-0.2, -0.15) is 0 Å². The molecule has 1 aromatic heterocycles. The van der Waals surface area contributed by atoms with Crippen LogP contribution in [0, 0.1) is 0 Å². The van der Waals surface area contributed by atoms with E-state index in [4.69, 9.17) is 0 Å². The first-order valence-electron chi connectivity index (χ1n) is 7.40. The highest BCUT2D eigenvalue weighted by molar-refractivity contribution is 9.10. The van der Waals surface area contributed by atoms with Crippen molar-refractivity contribution < 1.29 is 4.79 Å². The quantitative estimate of drug-likeness (QED) is 0.803. The number of pyridine rings is 1. The van der Waals surface area contributed by atoms with E-state index in [-0.39, 0.29) is 5.91 Å². The molecule has 2 aromatic rings. The Balaban J connectivity index is 1.75. The van der Waals surface area contributed by atoms with E-state index in [1.807, 2.05) is 30.0 Å². The van der Waals surface area contributed by atoms with Gasteiger partial charge in [0, 0.05) is 27.0 Å². The van der Waals surface area contributed by atoms with Gasteiger partial charge in [-0.3, -0.25) is 9.78 Å². The van der Waals surface area contributed by atoms with Crippen LogP contribution >= 0.6 is 27.7 Å². The van der Waals surface area contributed by atoms with Gasteiger partial charge in [0.05, 0.1) is 11.3 Å². The second kappa shape index (κ2) is 7.29. The molecule has 0 bridgehead atoms. The van der Waals surface area contributed by atoms with Crippen molar-refractivity contribution >= 4 is 39.3 Å². The van der Waals surface area contributed by atoms with E-state index in [1.54, 1.807) is 18.5 Å². The number of amides is 1. The van der Waals surface area contributed by atoms with Crippen LogP contribution in [0.15, 0.2) is 52.1 Å². The number of nitrogens with one attached hydrogen (secondary N) is 1. The zero-order valence-electron chi connectivity index (χ0n) is 12.1. The number of anilines is 1. The molecule has 3 nitrogen and oxygen atoms in total. The molecule has 1 aliphatic carbocycles. The highest BCUT2D eigenvalue weighted by atomic mass is 79.9. The monoisotopic (exact) mass is 376 g/mol. The molecule has 0 unspecified atom stereocenters. The van der Waals surface area contributed by atoms with Crippen molar-refractivity contribution in [2.75, 3.05) is 5.32 Å². The molecular weight excluding hydrogens is 360 g/mol. The van der Waals surface area contributed by atoms with Crippen molar-refractivity contribution in [3.8, 4) is 0 Å². The number of hydrogen-bond donors (Lipinski definition) is 1. The Labute approximate surface area is 143 Å². The van der Waals surface area contributed by atoms with Gasteiger partial charge in [0.1, 0.15) is 0 Å². The molecule has 0 atom stereocenters. The summed E-state index contributed by atoms with van der Waals surface area (Å²) in [6.07, 6.45) is 8.41. The third kappa shape index (κ3) is 3.90. The normalized spacial score (nSPS) is 15.0. The number of aromatic nitrogens is 1. The van der Waals surface area contributed by atoms with Crippen molar-refractivity contribution in [2.45, 2.75) is 35.8 Å². The van der Waals surface area contributed by atoms with Crippen LogP contribution in [-0.4, -0.2) is 16.1 Å². The number of carbonyl (C=O) groups is 1. The molecule has 1 fully saturated rings. The maximum absolute atomic E-state index is 12.4. The molecule has 114 valence electrons. The summed E-state index contributed by atoms with van der Waals surface area (Å²) in [6.45, 7) is 0. The third-order valence-corrected chi connectivity index (χ3v) is 5.55. The molecule has 5 heteroatoms. The van der Waals surface area contributed by atoms with Crippen molar-refractivity contribution in [1.82, 2.24) is 4.98 Å². The minimum Gasteiger partial charge on any atom is -0.321 e.